The standard InChI is InChI=1S/C15H21NO3/c1-3-6-11(2)10-18-15(17)14-9-16-12-7-4-5-8-13(12)19-14/h4-5,7-8,11,14,16H,3,6,9-10H2,1-2H3. The van der Waals surface area contributed by atoms with E-state index in [9.17, 15) is 4.79 Å². The van der Waals surface area contributed by atoms with E-state index in [0.29, 0.717) is 24.8 Å². The van der Waals surface area contributed by atoms with Crippen LogP contribution in [0.4, 0.5) is 5.69 Å². The van der Waals surface area contributed by atoms with Gasteiger partial charge in [0.2, 0.25) is 6.10 Å². The zero-order valence-corrected chi connectivity index (χ0v) is 11.5. The van der Waals surface area contributed by atoms with Crippen molar-refractivity contribution in [1.82, 2.24) is 0 Å². The minimum Gasteiger partial charge on any atom is -0.475 e. The second-order valence-corrected chi connectivity index (χ2v) is 5.01. The van der Waals surface area contributed by atoms with Crippen molar-refractivity contribution in [2.45, 2.75) is 32.8 Å². The van der Waals surface area contributed by atoms with Gasteiger partial charge in [0.25, 0.3) is 0 Å². The van der Waals surface area contributed by atoms with Crippen molar-refractivity contribution >= 4 is 11.7 Å². The lowest BCUT2D eigenvalue weighted by Crippen LogP contribution is -2.39. The summed E-state index contributed by atoms with van der Waals surface area (Å²) in [5, 5.41) is 3.18. The third kappa shape index (κ3) is 3.63. The fourth-order valence-electron chi connectivity index (χ4n) is 2.14. The smallest absolute Gasteiger partial charge is 0.349 e. The van der Waals surface area contributed by atoms with Crippen LogP contribution in [-0.2, 0) is 9.53 Å². The zero-order chi connectivity index (χ0) is 13.7. The van der Waals surface area contributed by atoms with Gasteiger partial charge in [-0.3, -0.25) is 0 Å². The third-order valence-electron chi connectivity index (χ3n) is 3.19. The van der Waals surface area contributed by atoms with E-state index in [-0.39, 0.29) is 5.97 Å². The Morgan fingerprint density at radius 2 is 2.32 bits per heavy atom. The first kappa shape index (κ1) is 13.7. The van der Waals surface area contributed by atoms with Crippen LogP contribution in [0.1, 0.15) is 26.7 Å². The number of carbonyl (C=O) groups is 1. The first-order valence-corrected chi connectivity index (χ1v) is 6.87. The van der Waals surface area contributed by atoms with Crippen LogP contribution in [0.25, 0.3) is 0 Å². The summed E-state index contributed by atoms with van der Waals surface area (Å²) >= 11 is 0. The topological polar surface area (TPSA) is 47.6 Å². The second-order valence-electron chi connectivity index (χ2n) is 5.01. The van der Waals surface area contributed by atoms with Crippen LogP contribution in [0.15, 0.2) is 24.3 Å². The van der Waals surface area contributed by atoms with Gasteiger partial charge in [-0.05, 0) is 24.5 Å². The lowest BCUT2D eigenvalue weighted by Gasteiger charge is -2.26. The molecule has 1 aliphatic heterocycles. The van der Waals surface area contributed by atoms with E-state index in [1.807, 2.05) is 24.3 Å². The SMILES string of the molecule is CCCC(C)COC(=O)C1CNc2ccccc2O1. The van der Waals surface area contributed by atoms with E-state index in [1.54, 1.807) is 0 Å². The number of benzene rings is 1. The Balaban J connectivity index is 1.85. The van der Waals surface area contributed by atoms with Gasteiger partial charge in [0.15, 0.2) is 0 Å². The molecule has 1 aliphatic rings. The molecular formula is C15H21NO3. The Bertz CT molecular complexity index is 433. The highest BCUT2D eigenvalue weighted by atomic mass is 16.6. The second kappa shape index (κ2) is 6.45. The van der Waals surface area contributed by atoms with E-state index in [2.05, 4.69) is 19.2 Å². The summed E-state index contributed by atoms with van der Waals surface area (Å²) in [6, 6.07) is 7.60. The summed E-state index contributed by atoms with van der Waals surface area (Å²) in [6.45, 7) is 5.14. The fourth-order valence-corrected chi connectivity index (χ4v) is 2.14. The highest BCUT2D eigenvalue weighted by Crippen LogP contribution is 2.28. The molecule has 19 heavy (non-hydrogen) atoms. The Morgan fingerprint density at radius 1 is 1.53 bits per heavy atom. The molecule has 2 unspecified atom stereocenters. The maximum Gasteiger partial charge on any atom is 0.349 e. The highest BCUT2D eigenvalue weighted by Gasteiger charge is 2.27. The number of rotatable bonds is 5. The van der Waals surface area contributed by atoms with Gasteiger partial charge in [-0.2, -0.15) is 0 Å². The third-order valence-corrected chi connectivity index (χ3v) is 3.19. The molecule has 0 bridgehead atoms. The van der Waals surface area contributed by atoms with E-state index in [4.69, 9.17) is 9.47 Å². The molecular weight excluding hydrogens is 242 g/mol. The van der Waals surface area contributed by atoms with Crippen molar-refractivity contribution in [1.29, 1.82) is 0 Å². The van der Waals surface area contributed by atoms with Crippen LogP contribution >= 0.6 is 0 Å². The molecule has 4 heteroatoms. The number of esters is 1. The normalized spacial score (nSPS) is 18.7. The largest absolute Gasteiger partial charge is 0.475 e. The number of hydrogen-bond donors (Lipinski definition) is 1. The average molecular weight is 263 g/mol. The molecule has 2 atom stereocenters. The summed E-state index contributed by atoms with van der Waals surface area (Å²) < 4.78 is 11.0. The van der Waals surface area contributed by atoms with E-state index < -0.39 is 6.10 Å². The number of fused-ring (bicyclic) bond motifs is 1. The summed E-state index contributed by atoms with van der Waals surface area (Å²) in [5.74, 6) is 0.819. The molecule has 2 rings (SSSR count). The van der Waals surface area contributed by atoms with E-state index in [1.165, 1.54) is 0 Å². The Kier molecular flexibility index (Phi) is 4.66. The molecule has 0 saturated carbocycles. The molecule has 1 heterocycles. The Hall–Kier alpha value is -1.71. The minimum absolute atomic E-state index is 0.287. The maximum absolute atomic E-state index is 11.9. The van der Waals surface area contributed by atoms with Gasteiger partial charge in [-0.25, -0.2) is 4.79 Å². The van der Waals surface area contributed by atoms with Crippen LogP contribution in [0.3, 0.4) is 0 Å². The molecule has 0 saturated heterocycles. The molecule has 4 nitrogen and oxygen atoms in total. The summed E-state index contributed by atoms with van der Waals surface area (Å²) in [4.78, 5) is 11.9. The van der Waals surface area contributed by atoms with Gasteiger partial charge < -0.3 is 14.8 Å². The number of hydrogen-bond acceptors (Lipinski definition) is 4. The van der Waals surface area contributed by atoms with Gasteiger partial charge in [-0.1, -0.05) is 32.4 Å². The number of ether oxygens (including phenoxy) is 2. The molecule has 1 aromatic carbocycles. The minimum atomic E-state index is -0.552. The molecule has 1 N–H and O–H groups in total. The van der Waals surface area contributed by atoms with Gasteiger partial charge >= 0.3 is 5.97 Å². The molecule has 0 spiro atoms. The molecule has 1 aromatic rings. The van der Waals surface area contributed by atoms with Gasteiger partial charge in [0, 0.05) is 0 Å². The van der Waals surface area contributed by atoms with Crippen molar-refractivity contribution in [3.05, 3.63) is 24.3 Å². The lowest BCUT2D eigenvalue weighted by molar-refractivity contribution is -0.152. The molecule has 0 fully saturated rings. The van der Waals surface area contributed by atoms with Crippen LogP contribution in [0, 0.1) is 5.92 Å². The van der Waals surface area contributed by atoms with Gasteiger partial charge in [-0.15, -0.1) is 0 Å². The van der Waals surface area contributed by atoms with E-state index in [0.717, 1.165) is 18.5 Å². The predicted molar refractivity (Wildman–Crippen MR) is 74.4 cm³/mol. The van der Waals surface area contributed by atoms with E-state index >= 15 is 0 Å². The first-order valence-electron chi connectivity index (χ1n) is 6.87. The zero-order valence-electron chi connectivity index (χ0n) is 11.5. The van der Waals surface area contributed by atoms with Crippen LogP contribution in [0.2, 0.25) is 0 Å². The number of carbonyl (C=O) groups excluding carboxylic acids is 1. The Labute approximate surface area is 114 Å². The van der Waals surface area contributed by atoms with Crippen molar-refractivity contribution in [2.75, 3.05) is 18.5 Å². The van der Waals surface area contributed by atoms with Crippen molar-refractivity contribution < 1.29 is 14.3 Å². The number of anilines is 1. The quantitative estimate of drug-likeness (QED) is 0.830. The molecule has 0 aromatic heterocycles. The van der Waals surface area contributed by atoms with Crippen molar-refractivity contribution in [3.8, 4) is 5.75 Å². The van der Waals surface area contributed by atoms with Crippen LogP contribution < -0.4 is 10.1 Å². The molecule has 104 valence electrons. The average Bonchev–Trinajstić information content (AvgIpc) is 2.44. The first-order chi connectivity index (χ1) is 9.20. The molecule has 0 amide bonds. The van der Waals surface area contributed by atoms with Crippen LogP contribution in [0.5, 0.6) is 5.75 Å². The van der Waals surface area contributed by atoms with Crippen molar-refractivity contribution in [2.24, 2.45) is 5.92 Å². The number of nitrogens with one attached hydrogen (secondary N) is 1. The van der Waals surface area contributed by atoms with Crippen LogP contribution in [-0.4, -0.2) is 25.2 Å². The number of para-hydroxylation sites is 2. The molecule has 0 aliphatic carbocycles. The monoisotopic (exact) mass is 263 g/mol. The van der Waals surface area contributed by atoms with Gasteiger partial charge in [0.1, 0.15) is 5.75 Å². The Morgan fingerprint density at radius 3 is 3.11 bits per heavy atom. The summed E-state index contributed by atoms with van der Waals surface area (Å²) in [5.41, 5.74) is 0.922. The fraction of sp³-hybridized carbons (Fsp3) is 0.533. The summed E-state index contributed by atoms with van der Waals surface area (Å²) in [6.07, 6.45) is 1.62. The lowest BCUT2D eigenvalue weighted by atomic mass is 10.1. The predicted octanol–water partition coefficient (Wildman–Crippen LogP) is 2.84. The summed E-state index contributed by atoms with van der Waals surface area (Å²) in [7, 11) is 0. The maximum atomic E-state index is 11.9. The van der Waals surface area contributed by atoms with Gasteiger partial charge in [0.05, 0.1) is 18.8 Å². The van der Waals surface area contributed by atoms with Crippen molar-refractivity contribution in [3.63, 3.8) is 0 Å². The highest BCUT2D eigenvalue weighted by molar-refractivity contribution is 5.77. The molecule has 0 radical (unpaired) electrons.